The highest BCUT2D eigenvalue weighted by molar-refractivity contribution is 5.96. The molecule has 27 heavy (non-hydrogen) atoms. The summed E-state index contributed by atoms with van der Waals surface area (Å²) in [5.74, 6) is -0.0149. The summed E-state index contributed by atoms with van der Waals surface area (Å²) in [5.41, 5.74) is 5.05. The van der Waals surface area contributed by atoms with E-state index in [1.807, 2.05) is 73.8 Å². The van der Waals surface area contributed by atoms with E-state index in [1.165, 1.54) is 0 Å². The lowest BCUT2D eigenvalue weighted by Crippen LogP contribution is -2.14. The van der Waals surface area contributed by atoms with Crippen LogP contribution in [0.2, 0.25) is 0 Å². The molecule has 1 amide bonds. The molecule has 0 bridgehead atoms. The van der Waals surface area contributed by atoms with Crippen molar-refractivity contribution in [2.75, 3.05) is 5.32 Å². The van der Waals surface area contributed by atoms with Gasteiger partial charge < -0.3 is 5.32 Å². The number of nitrogens with zero attached hydrogens (tertiary/aromatic N) is 1. The van der Waals surface area contributed by atoms with Crippen LogP contribution < -0.4 is 5.32 Å². The van der Waals surface area contributed by atoms with Gasteiger partial charge in [0.25, 0.3) is 0 Å². The second-order valence-corrected chi connectivity index (χ2v) is 6.63. The summed E-state index contributed by atoms with van der Waals surface area (Å²) in [5, 5.41) is 5.27. The van der Waals surface area contributed by atoms with Crippen LogP contribution in [0.5, 0.6) is 0 Å². The quantitative estimate of drug-likeness (QED) is 0.535. The Morgan fingerprint density at radius 3 is 2.48 bits per heavy atom. The third-order valence-corrected chi connectivity index (χ3v) is 4.63. The number of carbonyl (C=O) groups is 1. The Bertz CT molecular complexity index is 1100. The van der Waals surface area contributed by atoms with E-state index in [9.17, 15) is 4.79 Å². The van der Waals surface area contributed by atoms with Gasteiger partial charge in [0.15, 0.2) is 0 Å². The highest BCUT2D eigenvalue weighted by Gasteiger charge is 2.08. The first-order valence-corrected chi connectivity index (χ1v) is 8.99. The number of amides is 1. The molecule has 4 rings (SSSR count). The molecule has 0 saturated carbocycles. The second kappa shape index (κ2) is 7.42. The van der Waals surface area contributed by atoms with Gasteiger partial charge in [-0.25, -0.2) is 0 Å². The Labute approximate surface area is 158 Å². The molecular weight excluding hydrogens is 332 g/mol. The van der Waals surface area contributed by atoms with Crippen LogP contribution >= 0.6 is 0 Å². The molecule has 0 fully saturated rings. The molecule has 3 heteroatoms. The van der Waals surface area contributed by atoms with Crippen molar-refractivity contribution < 1.29 is 4.79 Å². The second-order valence-electron chi connectivity index (χ2n) is 6.63. The van der Waals surface area contributed by atoms with Gasteiger partial charge in [-0.05, 0) is 58.7 Å². The van der Waals surface area contributed by atoms with Crippen molar-refractivity contribution >= 4 is 22.4 Å². The standard InChI is InChI=1S/C24H20N2O/c1-17-15-20(13-14-25-17)18-9-11-22(12-10-18)26-24(27)16-21-7-4-6-19-5-2-3-8-23(19)21/h2-15H,16H2,1H3,(H,26,27). The molecule has 0 aliphatic rings. The van der Waals surface area contributed by atoms with Crippen LogP contribution in [0.4, 0.5) is 5.69 Å². The van der Waals surface area contributed by atoms with Gasteiger partial charge in [0.1, 0.15) is 0 Å². The fraction of sp³-hybridized carbons (Fsp3) is 0.0833. The molecule has 3 nitrogen and oxygen atoms in total. The lowest BCUT2D eigenvalue weighted by atomic mass is 10.0. The normalized spacial score (nSPS) is 10.7. The molecule has 132 valence electrons. The Hall–Kier alpha value is -3.46. The first-order valence-electron chi connectivity index (χ1n) is 8.99. The zero-order valence-electron chi connectivity index (χ0n) is 15.1. The SMILES string of the molecule is Cc1cc(-c2ccc(NC(=O)Cc3cccc4ccccc34)cc2)ccn1. The molecule has 0 aliphatic heterocycles. The van der Waals surface area contributed by atoms with E-state index in [0.29, 0.717) is 6.42 Å². The molecule has 0 aliphatic carbocycles. The monoisotopic (exact) mass is 352 g/mol. The lowest BCUT2D eigenvalue weighted by molar-refractivity contribution is -0.115. The summed E-state index contributed by atoms with van der Waals surface area (Å²) >= 11 is 0. The van der Waals surface area contributed by atoms with E-state index in [-0.39, 0.29) is 5.91 Å². The third-order valence-electron chi connectivity index (χ3n) is 4.63. The van der Waals surface area contributed by atoms with Gasteiger partial charge in [-0.1, -0.05) is 54.6 Å². The molecule has 1 heterocycles. The molecule has 0 radical (unpaired) electrons. The number of hydrogen-bond donors (Lipinski definition) is 1. The number of benzene rings is 3. The van der Waals surface area contributed by atoms with E-state index in [2.05, 4.69) is 28.5 Å². The van der Waals surface area contributed by atoms with Gasteiger partial charge in [0, 0.05) is 17.6 Å². The fourth-order valence-corrected chi connectivity index (χ4v) is 3.30. The van der Waals surface area contributed by atoms with Crippen molar-refractivity contribution in [2.45, 2.75) is 13.3 Å². The molecular formula is C24H20N2O. The Kier molecular flexibility index (Phi) is 4.67. The number of rotatable bonds is 4. The highest BCUT2D eigenvalue weighted by atomic mass is 16.1. The van der Waals surface area contributed by atoms with Gasteiger partial charge >= 0.3 is 0 Å². The Morgan fingerprint density at radius 1 is 0.889 bits per heavy atom. The minimum absolute atomic E-state index is 0.0149. The minimum atomic E-state index is -0.0149. The number of pyridine rings is 1. The smallest absolute Gasteiger partial charge is 0.228 e. The van der Waals surface area contributed by atoms with Crippen LogP contribution in [-0.2, 0) is 11.2 Å². The molecule has 1 aromatic heterocycles. The predicted octanol–water partition coefficient (Wildman–Crippen LogP) is 5.39. The van der Waals surface area contributed by atoms with E-state index < -0.39 is 0 Å². The number of carbonyl (C=O) groups excluding carboxylic acids is 1. The highest BCUT2D eigenvalue weighted by Crippen LogP contribution is 2.22. The maximum atomic E-state index is 12.5. The number of nitrogens with one attached hydrogen (secondary N) is 1. The Balaban J connectivity index is 1.48. The van der Waals surface area contributed by atoms with Crippen molar-refractivity contribution in [3.05, 3.63) is 96.3 Å². The lowest BCUT2D eigenvalue weighted by Gasteiger charge is -2.09. The van der Waals surface area contributed by atoms with Gasteiger partial charge in [-0.3, -0.25) is 9.78 Å². The molecule has 1 N–H and O–H groups in total. The number of aryl methyl sites for hydroxylation is 1. The van der Waals surface area contributed by atoms with Gasteiger partial charge in [0.05, 0.1) is 6.42 Å². The van der Waals surface area contributed by atoms with E-state index in [0.717, 1.165) is 38.8 Å². The summed E-state index contributed by atoms with van der Waals surface area (Å²) in [6, 6.07) is 26.2. The average Bonchev–Trinajstić information content (AvgIpc) is 2.69. The Morgan fingerprint density at radius 2 is 1.67 bits per heavy atom. The third kappa shape index (κ3) is 3.87. The van der Waals surface area contributed by atoms with Crippen molar-refractivity contribution in [2.24, 2.45) is 0 Å². The zero-order chi connectivity index (χ0) is 18.6. The van der Waals surface area contributed by atoms with E-state index >= 15 is 0 Å². The molecule has 3 aromatic carbocycles. The van der Waals surface area contributed by atoms with Crippen LogP contribution in [0.3, 0.4) is 0 Å². The van der Waals surface area contributed by atoms with Crippen molar-refractivity contribution in [3.63, 3.8) is 0 Å². The summed E-state index contributed by atoms with van der Waals surface area (Å²) < 4.78 is 0. The van der Waals surface area contributed by atoms with Crippen LogP contribution in [-0.4, -0.2) is 10.9 Å². The number of fused-ring (bicyclic) bond motifs is 1. The van der Waals surface area contributed by atoms with Crippen LogP contribution in [0.25, 0.3) is 21.9 Å². The van der Waals surface area contributed by atoms with E-state index in [4.69, 9.17) is 0 Å². The molecule has 0 atom stereocenters. The summed E-state index contributed by atoms with van der Waals surface area (Å²) in [7, 11) is 0. The largest absolute Gasteiger partial charge is 0.326 e. The summed E-state index contributed by atoms with van der Waals surface area (Å²) in [6.07, 6.45) is 2.16. The number of hydrogen-bond acceptors (Lipinski definition) is 2. The van der Waals surface area contributed by atoms with Crippen molar-refractivity contribution in [3.8, 4) is 11.1 Å². The molecule has 0 saturated heterocycles. The molecule has 0 spiro atoms. The topological polar surface area (TPSA) is 42.0 Å². The first-order chi connectivity index (χ1) is 13.2. The molecule has 4 aromatic rings. The predicted molar refractivity (Wildman–Crippen MR) is 111 cm³/mol. The summed E-state index contributed by atoms with van der Waals surface area (Å²) in [6.45, 7) is 1.98. The average molecular weight is 352 g/mol. The van der Waals surface area contributed by atoms with Crippen LogP contribution in [0, 0.1) is 6.92 Å². The maximum Gasteiger partial charge on any atom is 0.228 e. The number of aromatic nitrogens is 1. The van der Waals surface area contributed by atoms with Crippen molar-refractivity contribution in [1.29, 1.82) is 0 Å². The zero-order valence-corrected chi connectivity index (χ0v) is 15.1. The first kappa shape index (κ1) is 17.0. The van der Waals surface area contributed by atoms with Crippen molar-refractivity contribution in [1.82, 2.24) is 4.98 Å². The van der Waals surface area contributed by atoms with Crippen LogP contribution in [0.1, 0.15) is 11.3 Å². The van der Waals surface area contributed by atoms with Crippen LogP contribution in [0.15, 0.2) is 85.1 Å². The minimum Gasteiger partial charge on any atom is -0.326 e. The fourth-order valence-electron chi connectivity index (χ4n) is 3.30. The van der Waals surface area contributed by atoms with E-state index in [1.54, 1.807) is 0 Å². The van der Waals surface area contributed by atoms with Gasteiger partial charge in [-0.15, -0.1) is 0 Å². The maximum absolute atomic E-state index is 12.5. The summed E-state index contributed by atoms with van der Waals surface area (Å²) in [4.78, 5) is 16.7. The van der Waals surface area contributed by atoms with Gasteiger partial charge in [0.2, 0.25) is 5.91 Å². The number of anilines is 1. The molecule has 0 unspecified atom stereocenters. The van der Waals surface area contributed by atoms with Gasteiger partial charge in [-0.2, -0.15) is 0 Å².